The number of rotatable bonds is 4. The van der Waals surface area contributed by atoms with Crippen LogP contribution in [0.3, 0.4) is 0 Å². The minimum absolute atomic E-state index is 0.381. The molecule has 102 valence electrons. The van der Waals surface area contributed by atoms with E-state index in [9.17, 15) is 9.59 Å². The van der Waals surface area contributed by atoms with Crippen LogP contribution in [0.4, 0.5) is 0 Å². The Labute approximate surface area is 117 Å². The molecule has 0 bridgehead atoms. The average Bonchev–Trinajstić information content (AvgIpc) is 2.45. The number of nitrogens with one attached hydrogen (secondary N) is 1. The van der Waals surface area contributed by atoms with Gasteiger partial charge in [-0.2, -0.15) is 0 Å². The van der Waals surface area contributed by atoms with Crippen LogP contribution >= 0.6 is 0 Å². The maximum atomic E-state index is 11.8. The van der Waals surface area contributed by atoms with Gasteiger partial charge in [-0.25, -0.2) is 0 Å². The Kier molecular flexibility index (Phi) is 4.15. The summed E-state index contributed by atoms with van der Waals surface area (Å²) in [6.07, 6.45) is 0. The Morgan fingerprint density at radius 3 is 2.40 bits per heavy atom. The molecule has 0 aliphatic heterocycles. The van der Waals surface area contributed by atoms with Crippen molar-refractivity contribution in [1.82, 2.24) is 5.32 Å². The molecule has 0 aromatic heterocycles. The Morgan fingerprint density at radius 2 is 1.75 bits per heavy atom. The van der Waals surface area contributed by atoms with Crippen molar-refractivity contribution < 1.29 is 14.7 Å². The number of carboxylic acid groups (broad SMARTS) is 1. The van der Waals surface area contributed by atoms with Crippen LogP contribution in [0.1, 0.15) is 15.9 Å². The van der Waals surface area contributed by atoms with Crippen LogP contribution in [0.15, 0.2) is 48.5 Å². The molecule has 2 N–H and O–H groups in total. The molecular formula is C16H15NO3. The summed E-state index contributed by atoms with van der Waals surface area (Å²) in [4.78, 5) is 22.3. The summed E-state index contributed by atoms with van der Waals surface area (Å²) in [6, 6.07) is 15.1. The first-order valence-corrected chi connectivity index (χ1v) is 6.23. The van der Waals surface area contributed by atoms with Gasteiger partial charge in [0.1, 0.15) is 6.54 Å². The first-order valence-electron chi connectivity index (χ1n) is 6.23. The summed E-state index contributed by atoms with van der Waals surface area (Å²) in [5.74, 6) is -1.45. The highest BCUT2D eigenvalue weighted by molar-refractivity contribution is 5.96. The van der Waals surface area contributed by atoms with Crippen molar-refractivity contribution in [3.05, 3.63) is 59.7 Å². The number of benzene rings is 2. The SMILES string of the molecule is Cc1ccc(-c2cccc(C(=O)NCC(=O)O)c2)cc1. The third-order valence-electron chi connectivity index (χ3n) is 2.91. The predicted molar refractivity (Wildman–Crippen MR) is 76.6 cm³/mol. The summed E-state index contributed by atoms with van der Waals surface area (Å²) < 4.78 is 0. The topological polar surface area (TPSA) is 66.4 Å². The molecule has 4 nitrogen and oxygen atoms in total. The van der Waals surface area contributed by atoms with Gasteiger partial charge in [0.15, 0.2) is 0 Å². The van der Waals surface area contributed by atoms with E-state index in [2.05, 4.69) is 5.32 Å². The first kappa shape index (κ1) is 13.8. The van der Waals surface area contributed by atoms with Crippen LogP contribution in [-0.2, 0) is 4.79 Å². The normalized spacial score (nSPS) is 10.1. The molecule has 4 heteroatoms. The van der Waals surface area contributed by atoms with Gasteiger partial charge < -0.3 is 10.4 Å². The predicted octanol–water partition coefficient (Wildman–Crippen LogP) is 2.48. The van der Waals surface area contributed by atoms with E-state index in [0.717, 1.165) is 11.1 Å². The maximum absolute atomic E-state index is 11.8. The molecule has 2 aromatic rings. The van der Waals surface area contributed by atoms with E-state index < -0.39 is 5.97 Å². The molecular weight excluding hydrogens is 254 g/mol. The molecule has 0 atom stereocenters. The number of aryl methyl sites for hydroxylation is 1. The third-order valence-corrected chi connectivity index (χ3v) is 2.91. The summed E-state index contributed by atoms with van der Waals surface area (Å²) in [7, 11) is 0. The summed E-state index contributed by atoms with van der Waals surface area (Å²) in [5, 5.41) is 10.9. The Hall–Kier alpha value is -2.62. The van der Waals surface area contributed by atoms with Crippen molar-refractivity contribution in [2.75, 3.05) is 6.54 Å². The van der Waals surface area contributed by atoms with Crippen LogP contribution in [0.2, 0.25) is 0 Å². The number of hydrogen-bond acceptors (Lipinski definition) is 2. The minimum Gasteiger partial charge on any atom is -0.480 e. The van der Waals surface area contributed by atoms with Gasteiger partial charge in [-0.05, 0) is 30.2 Å². The molecule has 0 aliphatic rings. The third kappa shape index (κ3) is 3.45. The van der Waals surface area contributed by atoms with E-state index in [4.69, 9.17) is 5.11 Å². The van der Waals surface area contributed by atoms with Crippen LogP contribution in [0, 0.1) is 6.92 Å². The van der Waals surface area contributed by atoms with Gasteiger partial charge in [-0.15, -0.1) is 0 Å². The first-order chi connectivity index (χ1) is 9.56. The van der Waals surface area contributed by atoms with Gasteiger partial charge in [-0.3, -0.25) is 9.59 Å². The van der Waals surface area contributed by atoms with E-state index in [-0.39, 0.29) is 12.5 Å². The van der Waals surface area contributed by atoms with Crippen LogP contribution in [0.25, 0.3) is 11.1 Å². The fourth-order valence-electron chi connectivity index (χ4n) is 1.84. The fraction of sp³-hybridized carbons (Fsp3) is 0.125. The molecule has 0 fully saturated rings. The number of carbonyl (C=O) groups is 2. The van der Waals surface area contributed by atoms with E-state index in [1.807, 2.05) is 37.3 Å². The second-order valence-corrected chi connectivity index (χ2v) is 4.52. The van der Waals surface area contributed by atoms with Gasteiger partial charge in [0.25, 0.3) is 5.91 Å². The highest BCUT2D eigenvalue weighted by atomic mass is 16.4. The maximum Gasteiger partial charge on any atom is 0.322 e. The van der Waals surface area contributed by atoms with Crippen LogP contribution < -0.4 is 5.32 Å². The van der Waals surface area contributed by atoms with E-state index in [0.29, 0.717) is 5.56 Å². The molecule has 20 heavy (non-hydrogen) atoms. The van der Waals surface area contributed by atoms with Crippen molar-refractivity contribution in [3.63, 3.8) is 0 Å². The van der Waals surface area contributed by atoms with Crippen molar-refractivity contribution >= 4 is 11.9 Å². The van der Waals surface area contributed by atoms with E-state index >= 15 is 0 Å². The highest BCUT2D eigenvalue weighted by Gasteiger charge is 2.08. The smallest absolute Gasteiger partial charge is 0.322 e. The average molecular weight is 269 g/mol. The lowest BCUT2D eigenvalue weighted by atomic mass is 10.0. The zero-order valence-electron chi connectivity index (χ0n) is 11.1. The fourth-order valence-corrected chi connectivity index (χ4v) is 1.84. The van der Waals surface area contributed by atoms with E-state index in [1.165, 1.54) is 5.56 Å². The second-order valence-electron chi connectivity index (χ2n) is 4.52. The van der Waals surface area contributed by atoms with Gasteiger partial charge in [0, 0.05) is 5.56 Å². The molecule has 0 saturated carbocycles. The molecule has 0 aliphatic carbocycles. The lowest BCUT2D eigenvalue weighted by molar-refractivity contribution is -0.135. The van der Waals surface area contributed by atoms with Gasteiger partial charge in [-0.1, -0.05) is 42.0 Å². The molecule has 1 amide bonds. The Balaban J connectivity index is 2.21. The number of aliphatic carboxylic acids is 1. The number of hydrogen-bond donors (Lipinski definition) is 2. The van der Waals surface area contributed by atoms with Crippen molar-refractivity contribution in [2.45, 2.75) is 6.92 Å². The summed E-state index contributed by atoms with van der Waals surface area (Å²) in [6.45, 7) is 1.63. The summed E-state index contributed by atoms with van der Waals surface area (Å²) >= 11 is 0. The second kappa shape index (κ2) is 6.02. The number of carbonyl (C=O) groups excluding carboxylic acids is 1. The van der Waals surface area contributed by atoms with Crippen molar-refractivity contribution in [3.8, 4) is 11.1 Å². The lowest BCUT2D eigenvalue weighted by Crippen LogP contribution is -2.29. The molecule has 0 spiro atoms. The lowest BCUT2D eigenvalue weighted by Gasteiger charge is -2.06. The monoisotopic (exact) mass is 269 g/mol. The Bertz CT molecular complexity index is 632. The zero-order valence-corrected chi connectivity index (χ0v) is 11.1. The highest BCUT2D eigenvalue weighted by Crippen LogP contribution is 2.20. The molecule has 2 aromatic carbocycles. The van der Waals surface area contributed by atoms with Crippen LogP contribution in [0.5, 0.6) is 0 Å². The van der Waals surface area contributed by atoms with Gasteiger partial charge in [0.2, 0.25) is 0 Å². The molecule has 2 rings (SSSR count). The number of carboxylic acids is 1. The number of amides is 1. The molecule has 0 saturated heterocycles. The van der Waals surface area contributed by atoms with E-state index in [1.54, 1.807) is 18.2 Å². The zero-order chi connectivity index (χ0) is 14.5. The standard InChI is InChI=1S/C16H15NO3/c1-11-5-7-12(8-6-11)13-3-2-4-14(9-13)16(20)17-10-15(18)19/h2-9H,10H2,1H3,(H,17,20)(H,18,19). The molecule has 0 unspecified atom stereocenters. The molecule has 0 radical (unpaired) electrons. The molecule has 0 heterocycles. The van der Waals surface area contributed by atoms with Crippen molar-refractivity contribution in [1.29, 1.82) is 0 Å². The largest absolute Gasteiger partial charge is 0.480 e. The minimum atomic E-state index is -1.06. The van der Waals surface area contributed by atoms with Gasteiger partial charge >= 0.3 is 5.97 Å². The van der Waals surface area contributed by atoms with Crippen molar-refractivity contribution in [2.24, 2.45) is 0 Å². The van der Waals surface area contributed by atoms with Crippen LogP contribution in [-0.4, -0.2) is 23.5 Å². The summed E-state index contributed by atoms with van der Waals surface area (Å²) in [5.41, 5.74) is 3.56. The quantitative estimate of drug-likeness (QED) is 0.896. The Morgan fingerprint density at radius 1 is 1.05 bits per heavy atom. The van der Waals surface area contributed by atoms with Gasteiger partial charge in [0.05, 0.1) is 0 Å².